The topological polar surface area (TPSA) is 63.8 Å². The van der Waals surface area contributed by atoms with Crippen molar-refractivity contribution in [3.05, 3.63) is 81.1 Å². The van der Waals surface area contributed by atoms with Crippen molar-refractivity contribution in [1.82, 2.24) is 5.32 Å². The lowest BCUT2D eigenvalue weighted by Crippen LogP contribution is -2.28. The van der Waals surface area contributed by atoms with Gasteiger partial charge in [0.15, 0.2) is 0 Å². The van der Waals surface area contributed by atoms with Gasteiger partial charge in [0, 0.05) is 11.1 Å². The molecule has 1 N–H and O–H groups in total. The van der Waals surface area contributed by atoms with Gasteiger partial charge < -0.3 is 14.5 Å². The molecule has 0 unspecified atom stereocenters. The molecule has 3 aromatic rings. The number of carbonyl (C=O) groups excluding carboxylic acids is 1. The Morgan fingerprint density at radius 3 is 2.89 bits per heavy atom. The summed E-state index contributed by atoms with van der Waals surface area (Å²) in [7, 11) is 0. The number of ether oxygens (including phenoxy) is 1. The molecular formula is C28H31BrN2O3S. The summed E-state index contributed by atoms with van der Waals surface area (Å²) >= 11 is 5.20. The maximum Gasteiger partial charge on any atom is 0.255 e. The smallest absolute Gasteiger partial charge is 0.255 e. The molecule has 184 valence electrons. The number of aliphatic imine (C=N–C) groups is 1. The van der Waals surface area contributed by atoms with Crippen LogP contribution in [0.2, 0.25) is 0 Å². The molecule has 5 nitrogen and oxygen atoms in total. The largest absolute Gasteiger partial charge is 0.488 e. The van der Waals surface area contributed by atoms with Gasteiger partial charge in [-0.1, -0.05) is 33.4 Å². The quantitative estimate of drug-likeness (QED) is 0.231. The first-order chi connectivity index (χ1) is 16.8. The van der Waals surface area contributed by atoms with Crippen molar-refractivity contribution < 1.29 is 13.9 Å². The molecule has 0 aliphatic heterocycles. The van der Waals surface area contributed by atoms with E-state index >= 15 is 0 Å². The first-order valence-electron chi connectivity index (χ1n) is 11.8. The Hall–Kier alpha value is -2.64. The number of hydrogen-bond donors (Lipinski definition) is 1. The van der Waals surface area contributed by atoms with Gasteiger partial charge in [0.05, 0.1) is 22.8 Å². The van der Waals surface area contributed by atoms with Gasteiger partial charge in [-0.15, -0.1) is 11.3 Å². The Kier molecular flexibility index (Phi) is 7.97. The van der Waals surface area contributed by atoms with E-state index in [0.717, 1.165) is 51.4 Å². The Balaban J connectivity index is 1.62. The Morgan fingerprint density at radius 2 is 2.20 bits per heavy atom. The van der Waals surface area contributed by atoms with Crippen LogP contribution < -0.4 is 10.1 Å². The molecule has 0 fully saturated rings. The summed E-state index contributed by atoms with van der Waals surface area (Å²) in [5, 5.41) is 3.78. The molecule has 2 aromatic heterocycles. The zero-order valence-electron chi connectivity index (χ0n) is 20.4. The number of carbonyl (C=O) groups is 1. The summed E-state index contributed by atoms with van der Waals surface area (Å²) in [4.78, 5) is 19.4. The van der Waals surface area contributed by atoms with Gasteiger partial charge in [0.1, 0.15) is 23.1 Å². The standard InChI is InChI=1S/C28H31BrN2O3S/c1-5-12-34-23-11-8-18(14-22(23)29)16-31-27-25(26(32)30-17-20-7-6-13-33-20)21-10-9-19(28(2,3)4)15-24(21)35-27/h5-8,11,13-14,16,19H,1,9-10,12,15,17H2,2-4H3,(H,30,32)/t19-/m0/s1. The fourth-order valence-electron chi connectivity index (χ4n) is 4.30. The average molecular weight is 556 g/mol. The molecule has 0 radical (unpaired) electrons. The van der Waals surface area contributed by atoms with Crippen molar-refractivity contribution in [3.63, 3.8) is 0 Å². The number of nitrogens with one attached hydrogen (secondary N) is 1. The highest BCUT2D eigenvalue weighted by molar-refractivity contribution is 9.10. The summed E-state index contributed by atoms with van der Waals surface area (Å²) in [6.07, 6.45) is 8.09. The van der Waals surface area contributed by atoms with Gasteiger partial charge in [-0.25, -0.2) is 4.99 Å². The third-order valence-corrected chi connectivity index (χ3v) is 8.13. The van der Waals surface area contributed by atoms with E-state index in [0.29, 0.717) is 24.6 Å². The highest BCUT2D eigenvalue weighted by Crippen LogP contribution is 2.45. The van der Waals surface area contributed by atoms with Crippen molar-refractivity contribution in [2.45, 2.75) is 46.6 Å². The second-order valence-corrected chi connectivity index (χ2v) is 11.7. The molecule has 2 heterocycles. The minimum atomic E-state index is -0.102. The Bertz CT molecular complexity index is 1220. The maximum atomic E-state index is 13.3. The zero-order valence-corrected chi connectivity index (χ0v) is 22.8. The second-order valence-electron chi connectivity index (χ2n) is 9.80. The number of rotatable bonds is 8. The van der Waals surface area contributed by atoms with Crippen molar-refractivity contribution in [1.29, 1.82) is 0 Å². The molecule has 7 heteroatoms. The van der Waals surface area contributed by atoms with E-state index in [1.807, 2.05) is 36.5 Å². The minimum Gasteiger partial charge on any atom is -0.488 e. The number of furan rings is 1. The van der Waals surface area contributed by atoms with E-state index < -0.39 is 0 Å². The molecule has 0 saturated carbocycles. The first-order valence-corrected chi connectivity index (χ1v) is 13.4. The minimum absolute atomic E-state index is 0.102. The number of fused-ring (bicyclic) bond motifs is 1. The van der Waals surface area contributed by atoms with Crippen LogP contribution in [-0.4, -0.2) is 18.7 Å². The molecule has 0 spiro atoms. The summed E-state index contributed by atoms with van der Waals surface area (Å²) in [5.41, 5.74) is 3.00. The predicted octanol–water partition coefficient (Wildman–Crippen LogP) is 7.50. The van der Waals surface area contributed by atoms with Crippen molar-refractivity contribution in [2.75, 3.05) is 6.61 Å². The summed E-state index contributed by atoms with van der Waals surface area (Å²) in [5.74, 6) is 1.96. The van der Waals surface area contributed by atoms with Crippen LogP contribution in [0.25, 0.3) is 0 Å². The van der Waals surface area contributed by atoms with E-state index in [1.54, 1.807) is 23.7 Å². The number of amides is 1. The van der Waals surface area contributed by atoms with Crippen molar-refractivity contribution in [2.24, 2.45) is 16.3 Å². The lowest BCUT2D eigenvalue weighted by Gasteiger charge is -2.33. The third kappa shape index (κ3) is 6.14. The van der Waals surface area contributed by atoms with E-state index in [1.165, 1.54) is 4.88 Å². The molecule has 4 rings (SSSR count). The van der Waals surface area contributed by atoms with Crippen LogP contribution in [0.1, 0.15) is 59.3 Å². The molecule has 1 atom stereocenters. The van der Waals surface area contributed by atoms with Gasteiger partial charge in [-0.3, -0.25) is 4.79 Å². The average Bonchev–Trinajstić information content (AvgIpc) is 3.47. The monoisotopic (exact) mass is 554 g/mol. The molecule has 1 amide bonds. The van der Waals surface area contributed by atoms with Crippen LogP contribution in [0.4, 0.5) is 5.00 Å². The normalized spacial score (nSPS) is 15.7. The third-order valence-electron chi connectivity index (χ3n) is 6.35. The number of benzene rings is 1. The van der Waals surface area contributed by atoms with Gasteiger partial charge in [-0.2, -0.15) is 0 Å². The van der Waals surface area contributed by atoms with Gasteiger partial charge >= 0.3 is 0 Å². The molecule has 35 heavy (non-hydrogen) atoms. The summed E-state index contributed by atoms with van der Waals surface area (Å²) < 4.78 is 11.9. The molecule has 1 aromatic carbocycles. The SMILES string of the molecule is C=CCOc1ccc(C=Nc2sc3c(c2C(=O)NCc2ccco2)CC[C@H](C(C)(C)C)C3)cc1Br. The number of nitrogens with zero attached hydrogens (tertiary/aromatic N) is 1. The predicted molar refractivity (Wildman–Crippen MR) is 146 cm³/mol. The van der Waals surface area contributed by atoms with Crippen molar-refractivity contribution in [3.8, 4) is 5.75 Å². The van der Waals surface area contributed by atoms with E-state index in [2.05, 4.69) is 48.6 Å². The summed E-state index contributed by atoms with van der Waals surface area (Å²) in [6.45, 7) is 11.4. The van der Waals surface area contributed by atoms with Crippen molar-refractivity contribution >= 4 is 44.4 Å². The fourth-order valence-corrected chi connectivity index (χ4v) is 6.08. The Morgan fingerprint density at radius 1 is 1.37 bits per heavy atom. The van der Waals surface area contributed by atoms with Crippen LogP contribution in [0.15, 0.2) is 63.1 Å². The number of thiophene rings is 1. The van der Waals surface area contributed by atoms with Crippen LogP contribution in [0, 0.1) is 11.3 Å². The van der Waals surface area contributed by atoms with Gasteiger partial charge in [0.25, 0.3) is 5.91 Å². The van der Waals surface area contributed by atoms with Gasteiger partial charge in [0.2, 0.25) is 0 Å². The first kappa shape index (κ1) is 25.5. The molecule has 1 aliphatic rings. The molecule has 0 saturated heterocycles. The molecular weight excluding hydrogens is 524 g/mol. The highest BCUT2D eigenvalue weighted by Gasteiger charge is 2.33. The fraction of sp³-hybridized carbons (Fsp3) is 0.357. The van der Waals surface area contributed by atoms with Gasteiger partial charge in [-0.05, 0) is 88.0 Å². The van der Waals surface area contributed by atoms with E-state index in [4.69, 9.17) is 14.1 Å². The highest BCUT2D eigenvalue weighted by atomic mass is 79.9. The number of hydrogen-bond acceptors (Lipinski definition) is 5. The van der Waals surface area contributed by atoms with E-state index in [-0.39, 0.29) is 11.3 Å². The molecule has 0 bridgehead atoms. The van der Waals surface area contributed by atoms with Crippen LogP contribution in [0.5, 0.6) is 5.75 Å². The molecule has 1 aliphatic carbocycles. The second kappa shape index (κ2) is 11.0. The zero-order chi connectivity index (χ0) is 25.0. The van der Waals surface area contributed by atoms with E-state index in [9.17, 15) is 4.79 Å². The lowest BCUT2D eigenvalue weighted by atomic mass is 9.72. The van der Waals surface area contributed by atoms with Crippen LogP contribution in [-0.2, 0) is 19.4 Å². The number of halogens is 1. The Labute approximate surface area is 219 Å². The van der Waals surface area contributed by atoms with Crippen LogP contribution in [0.3, 0.4) is 0 Å². The lowest BCUT2D eigenvalue weighted by molar-refractivity contribution is 0.0947. The van der Waals surface area contributed by atoms with Crippen LogP contribution >= 0.6 is 27.3 Å². The maximum absolute atomic E-state index is 13.3. The summed E-state index contributed by atoms with van der Waals surface area (Å²) in [6, 6.07) is 9.49.